The summed E-state index contributed by atoms with van der Waals surface area (Å²) in [5.74, 6) is -2.73. The molecule has 0 unspecified atom stereocenters. The average molecular weight is 865 g/mol. The number of aromatic nitrogens is 1. The molecule has 2 aromatic heterocycles. The van der Waals surface area contributed by atoms with Crippen molar-refractivity contribution in [2.75, 3.05) is 40.0 Å². The SMILES string of the molecule is COc1cc([C@@H]2c3cc4c(cc3[C@@H](O[C@@H]3O[C@@H]5CO[C@@H](c6cccs6)O[C@H]5[C@H](O)[C@H]3NC(=O)CSc3nc5cc(F)ccc5o3)[C@H]3COC(=O)[C@H]23)OCO4)cc(OC)c1O. The van der Waals surface area contributed by atoms with Gasteiger partial charge in [-0.15, -0.1) is 11.3 Å². The number of aromatic hydroxyl groups is 1. The van der Waals surface area contributed by atoms with Gasteiger partial charge in [-0.25, -0.2) is 9.37 Å². The fourth-order valence-electron chi connectivity index (χ4n) is 8.65. The number of esters is 1. The van der Waals surface area contributed by atoms with Crippen molar-refractivity contribution < 1.29 is 71.2 Å². The van der Waals surface area contributed by atoms with Crippen LogP contribution in [0.4, 0.5) is 4.39 Å². The van der Waals surface area contributed by atoms with Gasteiger partial charge in [-0.3, -0.25) is 9.59 Å². The molecule has 4 aliphatic heterocycles. The molecule has 0 radical (unpaired) electrons. The second kappa shape index (κ2) is 15.7. The van der Waals surface area contributed by atoms with E-state index in [0.717, 1.165) is 16.6 Å². The Kier molecular flexibility index (Phi) is 10.2. The van der Waals surface area contributed by atoms with E-state index in [2.05, 4.69) is 10.3 Å². The molecule has 3 N–H and O–H groups in total. The number of thiophene rings is 1. The summed E-state index contributed by atoms with van der Waals surface area (Å²) in [6, 6.07) is 13.4. The van der Waals surface area contributed by atoms with Crippen LogP contribution in [-0.2, 0) is 33.3 Å². The fraction of sp³-hybridized carbons (Fsp3) is 0.390. The van der Waals surface area contributed by atoms with Crippen LogP contribution in [0.5, 0.6) is 28.7 Å². The number of benzene rings is 3. The molecule has 6 heterocycles. The predicted octanol–water partition coefficient (Wildman–Crippen LogP) is 4.95. The normalized spacial score (nSPS) is 29.0. The van der Waals surface area contributed by atoms with Crippen LogP contribution >= 0.6 is 23.1 Å². The molecule has 3 aromatic carbocycles. The van der Waals surface area contributed by atoms with Crippen molar-refractivity contribution in [3.05, 3.63) is 87.4 Å². The molecule has 3 saturated heterocycles. The summed E-state index contributed by atoms with van der Waals surface area (Å²) in [7, 11) is 2.84. The number of aliphatic hydroxyl groups excluding tert-OH is 1. The summed E-state index contributed by atoms with van der Waals surface area (Å²) in [6.45, 7) is -0.00757. The van der Waals surface area contributed by atoms with E-state index >= 15 is 0 Å². The van der Waals surface area contributed by atoms with Gasteiger partial charge in [0.05, 0.1) is 50.1 Å². The second-order valence-electron chi connectivity index (χ2n) is 14.8. The number of phenolic OH excluding ortho intramolecular Hbond substituents is 1. The van der Waals surface area contributed by atoms with E-state index < -0.39 is 78.5 Å². The van der Waals surface area contributed by atoms with Gasteiger partial charge in [0, 0.05) is 17.9 Å². The highest BCUT2D eigenvalue weighted by Crippen LogP contribution is 2.57. The first-order chi connectivity index (χ1) is 29.2. The molecular weight excluding hydrogens is 828 g/mol. The first-order valence-electron chi connectivity index (χ1n) is 19.0. The zero-order valence-corrected chi connectivity index (χ0v) is 33.4. The zero-order chi connectivity index (χ0) is 41.2. The largest absolute Gasteiger partial charge is 0.502 e. The number of carbonyl (C=O) groups is 2. The van der Waals surface area contributed by atoms with Crippen LogP contribution in [0, 0.1) is 17.7 Å². The van der Waals surface area contributed by atoms with E-state index in [-0.39, 0.29) is 48.2 Å². The summed E-state index contributed by atoms with van der Waals surface area (Å²) in [5, 5.41) is 27.8. The first-order valence-corrected chi connectivity index (χ1v) is 20.9. The number of cyclic esters (lactones) is 1. The number of hydrogen-bond acceptors (Lipinski definition) is 17. The fourth-order valence-corrected chi connectivity index (χ4v) is 10.0. The molecular formula is C41H37FN2O14S2. The Bertz CT molecular complexity index is 2420. The molecule has 1 amide bonds. The minimum absolute atomic E-state index is 0.0236. The maximum atomic E-state index is 13.9. The van der Waals surface area contributed by atoms with Gasteiger partial charge in [-0.1, -0.05) is 17.8 Å². The molecule has 5 aliphatic rings. The van der Waals surface area contributed by atoms with Gasteiger partial charge in [-0.05, 0) is 64.5 Å². The molecule has 60 heavy (non-hydrogen) atoms. The van der Waals surface area contributed by atoms with Crippen molar-refractivity contribution in [1.29, 1.82) is 0 Å². The molecule has 0 bridgehead atoms. The van der Waals surface area contributed by atoms with E-state index in [0.29, 0.717) is 39.3 Å². The molecule has 10 rings (SSSR count). The molecule has 314 valence electrons. The van der Waals surface area contributed by atoms with Gasteiger partial charge in [0.1, 0.15) is 35.7 Å². The average Bonchev–Trinajstić information content (AvgIpc) is 4.09. The number of ether oxygens (including phenoxy) is 9. The van der Waals surface area contributed by atoms with Gasteiger partial charge in [-0.2, -0.15) is 0 Å². The molecule has 10 atom stereocenters. The zero-order valence-electron chi connectivity index (χ0n) is 31.8. The number of nitrogens with one attached hydrogen (secondary N) is 1. The van der Waals surface area contributed by atoms with Crippen LogP contribution in [0.15, 0.2) is 69.6 Å². The van der Waals surface area contributed by atoms with Crippen LogP contribution in [0.25, 0.3) is 11.1 Å². The first kappa shape index (κ1) is 39.0. The number of amides is 1. The monoisotopic (exact) mass is 864 g/mol. The number of thioether (sulfide) groups is 1. The Labute approximate surface area is 348 Å². The minimum atomic E-state index is -1.36. The number of hydrogen-bond donors (Lipinski definition) is 3. The summed E-state index contributed by atoms with van der Waals surface area (Å²) < 4.78 is 73.7. The standard InChI is InChI=1S/C41H37FN2O14S2/c1-49-26-8-17(9-27(50-2)34(26)46)31-19-11-24-25(54-16-53-24)12-20(19)36(21-13-51-38(48)32(21)31)57-40-33(35(47)37-28(55-40)14-52-39(58-37)29-4-3-7-59-29)44-30(45)15-60-41-43-22-10-18(42)5-6-23(22)56-41/h3-12,21,28,31-33,35-37,39-40,46-47H,13-16H2,1-2H3,(H,44,45)/t21-,28+,31+,32-,33+,35+,36+,37+,39+,40-/m0/s1. The van der Waals surface area contributed by atoms with Crippen molar-refractivity contribution in [3.8, 4) is 28.7 Å². The lowest BCUT2D eigenvalue weighted by molar-refractivity contribution is -0.351. The van der Waals surface area contributed by atoms with Crippen molar-refractivity contribution >= 4 is 46.1 Å². The van der Waals surface area contributed by atoms with Gasteiger partial charge < -0.3 is 62.6 Å². The van der Waals surface area contributed by atoms with Gasteiger partial charge in [0.2, 0.25) is 18.4 Å². The van der Waals surface area contributed by atoms with E-state index in [1.54, 1.807) is 24.3 Å². The van der Waals surface area contributed by atoms with Crippen LogP contribution in [0.1, 0.15) is 39.9 Å². The van der Waals surface area contributed by atoms with Crippen molar-refractivity contribution in [3.63, 3.8) is 0 Å². The maximum Gasteiger partial charge on any atom is 0.310 e. The van der Waals surface area contributed by atoms with Crippen LogP contribution in [0.3, 0.4) is 0 Å². The molecule has 0 spiro atoms. The van der Waals surface area contributed by atoms with Gasteiger partial charge in [0.25, 0.3) is 5.22 Å². The Hall–Kier alpha value is -5.15. The van der Waals surface area contributed by atoms with Crippen LogP contribution in [-0.4, -0.2) is 97.7 Å². The smallest absolute Gasteiger partial charge is 0.310 e. The van der Waals surface area contributed by atoms with Crippen molar-refractivity contribution in [2.45, 2.75) is 54.2 Å². The molecule has 5 aromatic rings. The number of phenols is 1. The lowest BCUT2D eigenvalue weighted by Crippen LogP contribution is -2.67. The Morgan fingerprint density at radius 2 is 1.80 bits per heavy atom. The molecule has 3 fully saturated rings. The molecule has 0 saturated carbocycles. The lowest BCUT2D eigenvalue weighted by Gasteiger charge is -2.49. The van der Waals surface area contributed by atoms with E-state index in [9.17, 15) is 24.2 Å². The predicted molar refractivity (Wildman–Crippen MR) is 207 cm³/mol. The third-order valence-electron chi connectivity index (χ3n) is 11.4. The third-order valence-corrected chi connectivity index (χ3v) is 13.1. The van der Waals surface area contributed by atoms with Crippen LogP contribution in [0.2, 0.25) is 0 Å². The van der Waals surface area contributed by atoms with E-state index in [1.807, 2.05) is 17.5 Å². The molecule has 16 nitrogen and oxygen atoms in total. The van der Waals surface area contributed by atoms with Crippen LogP contribution < -0.4 is 24.3 Å². The summed E-state index contributed by atoms with van der Waals surface area (Å²) >= 11 is 2.42. The van der Waals surface area contributed by atoms with E-state index in [4.69, 9.17) is 47.0 Å². The number of fused-ring (bicyclic) bond motifs is 5. The molecule has 1 aliphatic carbocycles. The quantitative estimate of drug-likeness (QED) is 0.126. The number of carbonyl (C=O) groups excluding carboxylic acids is 2. The molecule has 19 heteroatoms. The minimum Gasteiger partial charge on any atom is -0.502 e. The Morgan fingerprint density at radius 3 is 2.55 bits per heavy atom. The Morgan fingerprint density at radius 1 is 1.02 bits per heavy atom. The number of methoxy groups -OCH3 is 2. The topological polar surface area (TPSA) is 196 Å². The van der Waals surface area contributed by atoms with E-state index in [1.165, 1.54) is 43.8 Å². The highest BCUT2D eigenvalue weighted by atomic mass is 32.2. The third kappa shape index (κ3) is 6.87. The summed E-state index contributed by atoms with van der Waals surface area (Å²) in [5.41, 5.74) is 2.54. The number of aliphatic hydroxyl groups is 1. The maximum absolute atomic E-state index is 13.9. The highest BCUT2D eigenvalue weighted by Gasteiger charge is 2.56. The lowest BCUT2D eigenvalue weighted by atomic mass is 9.66. The van der Waals surface area contributed by atoms with Crippen molar-refractivity contribution in [1.82, 2.24) is 10.3 Å². The number of oxazole rings is 1. The number of rotatable bonds is 10. The van der Waals surface area contributed by atoms with Gasteiger partial charge in [0.15, 0.2) is 41.2 Å². The summed E-state index contributed by atoms with van der Waals surface area (Å²) in [6.07, 6.45) is -6.10. The number of nitrogens with zero attached hydrogens (tertiary/aromatic N) is 1. The van der Waals surface area contributed by atoms with Crippen molar-refractivity contribution in [2.24, 2.45) is 11.8 Å². The summed E-state index contributed by atoms with van der Waals surface area (Å²) in [4.78, 5) is 32.7. The van der Waals surface area contributed by atoms with Gasteiger partial charge >= 0.3 is 5.97 Å². The Balaban J connectivity index is 0.994. The highest BCUT2D eigenvalue weighted by molar-refractivity contribution is 7.99. The number of halogens is 1. The second-order valence-corrected chi connectivity index (χ2v) is 16.7.